The fourth-order valence-corrected chi connectivity index (χ4v) is 3.88. The molecular weight excluding hydrogens is 200 g/mol. The molecule has 1 unspecified atom stereocenters. The molecule has 1 fully saturated rings. The third kappa shape index (κ3) is 2.68. The molecule has 14 heavy (non-hydrogen) atoms. The van der Waals surface area contributed by atoms with Crippen molar-refractivity contribution >= 4 is 10.0 Å². The van der Waals surface area contributed by atoms with Crippen LogP contribution < -0.4 is 5.73 Å². The standard InChI is InChI=1S/C9H20N2O2S/c1-2-9(5-6-10)11-7-3-4-8-14(11,12)13/h9H,2-8,10H2,1H3. The molecule has 0 radical (unpaired) electrons. The molecule has 2 N–H and O–H groups in total. The second kappa shape index (κ2) is 5.09. The number of sulfonamides is 1. The summed E-state index contributed by atoms with van der Waals surface area (Å²) in [4.78, 5) is 0. The van der Waals surface area contributed by atoms with Crippen LogP contribution in [0, 0.1) is 0 Å². The molecule has 4 nitrogen and oxygen atoms in total. The van der Waals surface area contributed by atoms with Crippen molar-refractivity contribution in [3.63, 3.8) is 0 Å². The largest absolute Gasteiger partial charge is 0.330 e. The monoisotopic (exact) mass is 220 g/mol. The van der Waals surface area contributed by atoms with Gasteiger partial charge in [0.1, 0.15) is 0 Å². The van der Waals surface area contributed by atoms with Crippen LogP contribution >= 0.6 is 0 Å². The molecular formula is C9H20N2O2S. The molecule has 1 saturated heterocycles. The highest BCUT2D eigenvalue weighted by Crippen LogP contribution is 2.20. The van der Waals surface area contributed by atoms with E-state index >= 15 is 0 Å². The second-order valence-corrected chi connectivity index (χ2v) is 5.81. The van der Waals surface area contributed by atoms with Crippen LogP contribution in [0.3, 0.4) is 0 Å². The average Bonchev–Trinajstić information content (AvgIpc) is 2.14. The molecule has 1 rings (SSSR count). The van der Waals surface area contributed by atoms with Gasteiger partial charge in [-0.1, -0.05) is 6.92 Å². The highest BCUT2D eigenvalue weighted by molar-refractivity contribution is 7.89. The van der Waals surface area contributed by atoms with E-state index in [9.17, 15) is 8.42 Å². The van der Waals surface area contributed by atoms with Crippen LogP contribution in [0.15, 0.2) is 0 Å². The Hall–Kier alpha value is -0.130. The molecule has 0 aromatic rings. The minimum atomic E-state index is -2.98. The van der Waals surface area contributed by atoms with Gasteiger partial charge in [0, 0.05) is 12.6 Å². The van der Waals surface area contributed by atoms with Crippen molar-refractivity contribution in [3.05, 3.63) is 0 Å². The third-order valence-corrected chi connectivity index (χ3v) is 4.77. The first kappa shape index (κ1) is 11.9. The van der Waals surface area contributed by atoms with E-state index in [0.29, 0.717) is 18.8 Å². The molecule has 1 aliphatic rings. The summed E-state index contributed by atoms with van der Waals surface area (Å²) >= 11 is 0. The molecule has 84 valence electrons. The van der Waals surface area contributed by atoms with Gasteiger partial charge in [-0.3, -0.25) is 0 Å². The van der Waals surface area contributed by atoms with E-state index in [1.165, 1.54) is 0 Å². The SMILES string of the molecule is CCC(CCN)N1CCCCS1(=O)=O. The zero-order valence-electron chi connectivity index (χ0n) is 8.78. The lowest BCUT2D eigenvalue weighted by molar-refractivity contribution is 0.284. The maximum absolute atomic E-state index is 11.7. The summed E-state index contributed by atoms with van der Waals surface area (Å²) < 4.78 is 25.1. The summed E-state index contributed by atoms with van der Waals surface area (Å²) in [6.07, 6.45) is 3.42. The molecule has 0 spiro atoms. The van der Waals surface area contributed by atoms with Crippen molar-refractivity contribution < 1.29 is 8.42 Å². The normalized spacial score (nSPS) is 24.7. The highest BCUT2D eigenvalue weighted by atomic mass is 32.2. The summed E-state index contributed by atoms with van der Waals surface area (Å²) in [6, 6.07) is 0.116. The summed E-state index contributed by atoms with van der Waals surface area (Å²) in [6.45, 7) is 3.26. The molecule has 0 saturated carbocycles. The zero-order valence-corrected chi connectivity index (χ0v) is 9.59. The lowest BCUT2D eigenvalue weighted by Gasteiger charge is -2.33. The Morgan fingerprint density at radius 2 is 2.14 bits per heavy atom. The maximum Gasteiger partial charge on any atom is 0.214 e. The van der Waals surface area contributed by atoms with Gasteiger partial charge in [-0.25, -0.2) is 8.42 Å². The fraction of sp³-hybridized carbons (Fsp3) is 1.00. The summed E-state index contributed by atoms with van der Waals surface area (Å²) in [5.74, 6) is 0.314. The average molecular weight is 220 g/mol. The van der Waals surface area contributed by atoms with Gasteiger partial charge in [-0.05, 0) is 32.2 Å². The summed E-state index contributed by atoms with van der Waals surface area (Å²) in [5, 5.41) is 0. The Balaban J connectivity index is 2.71. The molecule has 0 bridgehead atoms. The van der Waals surface area contributed by atoms with Crippen molar-refractivity contribution in [2.24, 2.45) is 5.73 Å². The fourth-order valence-electron chi connectivity index (χ4n) is 1.96. The number of nitrogens with two attached hydrogens (primary N) is 1. The van der Waals surface area contributed by atoms with Gasteiger partial charge in [-0.2, -0.15) is 4.31 Å². The van der Waals surface area contributed by atoms with Crippen LogP contribution in [0.5, 0.6) is 0 Å². The number of rotatable bonds is 4. The highest BCUT2D eigenvalue weighted by Gasteiger charge is 2.30. The topological polar surface area (TPSA) is 63.4 Å². The second-order valence-electron chi connectivity index (χ2n) is 3.77. The van der Waals surface area contributed by atoms with Gasteiger partial charge < -0.3 is 5.73 Å². The minimum Gasteiger partial charge on any atom is -0.330 e. The first-order valence-corrected chi connectivity index (χ1v) is 6.92. The van der Waals surface area contributed by atoms with E-state index in [1.54, 1.807) is 4.31 Å². The predicted octanol–water partition coefficient (Wildman–Crippen LogP) is 0.539. The third-order valence-electron chi connectivity index (χ3n) is 2.77. The van der Waals surface area contributed by atoms with Crippen molar-refractivity contribution in [1.82, 2.24) is 4.31 Å². The summed E-state index contributed by atoms with van der Waals surface area (Å²) in [5.41, 5.74) is 5.48. The van der Waals surface area contributed by atoms with E-state index in [0.717, 1.165) is 25.7 Å². The lowest BCUT2D eigenvalue weighted by Crippen LogP contribution is -2.45. The van der Waals surface area contributed by atoms with Crippen molar-refractivity contribution in [2.75, 3.05) is 18.8 Å². The van der Waals surface area contributed by atoms with Crippen LogP contribution in [0.25, 0.3) is 0 Å². The molecule has 5 heteroatoms. The number of hydrogen-bond acceptors (Lipinski definition) is 3. The Morgan fingerprint density at radius 1 is 1.43 bits per heavy atom. The lowest BCUT2D eigenvalue weighted by atomic mass is 10.1. The Bertz CT molecular complexity index is 264. The van der Waals surface area contributed by atoms with Crippen LogP contribution in [-0.4, -0.2) is 37.6 Å². The van der Waals surface area contributed by atoms with Gasteiger partial charge in [-0.15, -0.1) is 0 Å². The van der Waals surface area contributed by atoms with Gasteiger partial charge in [0.05, 0.1) is 5.75 Å². The molecule has 1 aliphatic heterocycles. The van der Waals surface area contributed by atoms with Gasteiger partial charge in [0.2, 0.25) is 10.0 Å². The van der Waals surface area contributed by atoms with E-state index in [4.69, 9.17) is 5.73 Å². The van der Waals surface area contributed by atoms with Gasteiger partial charge in [0.15, 0.2) is 0 Å². The van der Waals surface area contributed by atoms with Gasteiger partial charge >= 0.3 is 0 Å². The van der Waals surface area contributed by atoms with Crippen LogP contribution in [0.2, 0.25) is 0 Å². The maximum atomic E-state index is 11.7. The molecule has 0 aliphatic carbocycles. The van der Waals surface area contributed by atoms with Crippen molar-refractivity contribution in [2.45, 2.75) is 38.6 Å². The number of nitrogens with zero attached hydrogens (tertiary/aromatic N) is 1. The molecule has 0 aromatic carbocycles. The molecule has 1 heterocycles. The van der Waals surface area contributed by atoms with E-state index in [-0.39, 0.29) is 6.04 Å². The van der Waals surface area contributed by atoms with Crippen LogP contribution in [-0.2, 0) is 10.0 Å². The smallest absolute Gasteiger partial charge is 0.214 e. The summed E-state index contributed by atoms with van der Waals surface area (Å²) in [7, 11) is -2.98. The Labute approximate surface area is 86.5 Å². The Morgan fingerprint density at radius 3 is 2.64 bits per heavy atom. The molecule has 0 aromatic heterocycles. The minimum absolute atomic E-state index is 0.116. The van der Waals surface area contributed by atoms with Crippen molar-refractivity contribution in [1.29, 1.82) is 0 Å². The molecule has 1 atom stereocenters. The Kier molecular flexibility index (Phi) is 4.34. The molecule has 0 amide bonds. The zero-order chi connectivity index (χ0) is 10.6. The van der Waals surface area contributed by atoms with E-state index in [2.05, 4.69) is 0 Å². The van der Waals surface area contributed by atoms with Gasteiger partial charge in [0.25, 0.3) is 0 Å². The van der Waals surface area contributed by atoms with Crippen molar-refractivity contribution in [3.8, 4) is 0 Å². The first-order valence-electron chi connectivity index (χ1n) is 5.31. The first-order chi connectivity index (χ1) is 6.61. The predicted molar refractivity (Wildman–Crippen MR) is 57.5 cm³/mol. The van der Waals surface area contributed by atoms with Crippen LogP contribution in [0.1, 0.15) is 32.6 Å². The number of hydrogen-bond donors (Lipinski definition) is 1. The van der Waals surface area contributed by atoms with E-state index < -0.39 is 10.0 Å². The van der Waals surface area contributed by atoms with Crippen LogP contribution in [0.4, 0.5) is 0 Å². The quantitative estimate of drug-likeness (QED) is 0.752. The van der Waals surface area contributed by atoms with E-state index in [1.807, 2.05) is 6.92 Å².